The minimum absolute atomic E-state index is 0.0618. The highest BCUT2D eigenvalue weighted by Gasteiger charge is 2.10. The number of hydrogen-bond acceptors (Lipinski definition) is 4. The molecule has 0 atom stereocenters. The molecule has 0 bridgehead atoms. The van der Waals surface area contributed by atoms with Crippen LogP contribution in [0.2, 0.25) is 0 Å². The van der Waals surface area contributed by atoms with Crippen LogP contribution in [0.5, 0.6) is 0 Å². The van der Waals surface area contributed by atoms with E-state index in [1.165, 1.54) is 29.5 Å². The molecular formula is C20H14FN3O2S. The van der Waals surface area contributed by atoms with Crippen molar-refractivity contribution in [3.05, 3.63) is 82.2 Å². The standard InChI is InChI=1S/C20H14FN3O2S/c21-14-7-5-13(6-8-14)16-12-27-20(22-16)23-19(26)11-24-10-9-18(25)15-3-1-2-4-17(15)24/h1-10,12H,11H2,(H,22,23,26). The molecular weight excluding hydrogens is 365 g/mol. The first-order valence-corrected chi connectivity index (χ1v) is 9.07. The number of amides is 1. The van der Waals surface area contributed by atoms with Crippen molar-refractivity contribution in [2.75, 3.05) is 5.32 Å². The number of anilines is 1. The van der Waals surface area contributed by atoms with Crippen molar-refractivity contribution in [2.45, 2.75) is 6.54 Å². The lowest BCUT2D eigenvalue weighted by Crippen LogP contribution is -2.20. The molecule has 4 rings (SSSR count). The largest absolute Gasteiger partial charge is 0.338 e. The molecule has 0 aliphatic heterocycles. The lowest BCUT2D eigenvalue weighted by Gasteiger charge is -2.09. The minimum Gasteiger partial charge on any atom is -0.338 e. The lowest BCUT2D eigenvalue weighted by atomic mass is 10.2. The molecule has 7 heteroatoms. The van der Waals surface area contributed by atoms with Gasteiger partial charge in [-0.3, -0.25) is 9.59 Å². The molecule has 0 saturated carbocycles. The van der Waals surface area contributed by atoms with Crippen molar-refractivity contribution < 1.29 is 9.18 Å². The third-order valence-corrected chi connectivity index (χ3v) is 4.85. The Labute approximate surface area is 157 Å². The Kier molecular flexibility index (Phi) is 4.52. The molecule has 1 amide bonds. The van der Waals surface area contributed by atoms with Crippen LogP contribution >= 0.6 is 11.3 Å². The fraction of sp³-hybridized carbons (Fsp3) is 0.0500. The molecule has 0 spiro atoms. The van der Waals surface area contributed by atoms with Crippen molar-refractivity contribution in [1.82, 2.24) is 9.55 Å². The highest BCUT2D eigenvalue weighted by Crippen LogP contribution is 2.25. The monoisotopic (exact) mass is 379 g/mol. The van der Waals surface area contributed by atoms with E-state index in [-0.39, 0.29) is 23.7 Å². The van der Waals surface area contributed by atoms with Gasteiger partial charge in [-0.05, 0) is 36.4 Å². The average Bonchev–Trinajstić information content (AvgIpc) is 3.13. The summed E-state index contributed by atoms with van der Waals surface area (Å²) in [5, 5.41) is 5.60. The van der Waals surface area contributed by atoms with Gasteiger partial charge in [0.2, 0.25) is 5.91 Å². The maximum atomic E-state index is 13.0. The first-order chi connectivity index (χ1) is 13.1. The number of hydrogen-bond donors (Lipinski definition) is 1. The molecule has 4 aromatic rings. The summed E-state index contributed by atoms with van der Waals surface area (Å²) in [6, 6.07) is 14.6. The summed E-state index contributed by atoms with van der Waals surface area (Å²) < 4.78 is 14.7. The second kappa shape index (κ2) is 7.13. The topological polar surface area (TPSA) is 64.0 Å². The smallest absolute Gasteiger partial charge is 0.246 e. The number of aromatic nitrogens is 2. The second-order valence-corrected chi connectivity index (χ2v) is 6.78. The predicted octanol–water partition coefficient (Wildman–Crippen LogP) is 3.90. The van der Waals surface area contributed by atoms with E-state index in [4.69, 9.17) is 0 Å². The average molecular weight is 379 g/mol. The van der Waals surface area contributed by atoms with Gasteiger partial charge in [0.1, 0.15) is 12.4 Å². The molecule has 1 N–H and O–H groups in total. The van der Waals surface area contributed by atoms with Gasteiger partial charge in [-0.2, -0.15) is 0 Å². The van der Waals surface area contributed by atoms with Crippen LogP contribution in [0.3, 0.4) is 0 Å². The van der Waals surface area contributed by atoms with Crippen LogP contribution in [0, 0.1) is 5.82 Å². The lowest BCUT2D eigenvalue weighted by molar-refractivity contribution is -0.116. The quantitative estimate of drug-likeness (QED) is 0.585. The zero-order valence-electron chi connectivity index (χ0n) is 14.1. The summed E-state index contributed by atoms with van der Waals surface area (Å²) in [7, 11) is 0. The van der Waals surface area contributed by atoms with Crippen LogP contribution in [0.25, 0.3) is 22.2 Å². The fourth-order valence-electron chi connectivity index (χ4n) is 2.80. The van der Waals surface area contributed by atoms with Crippen molar-refractivity contribution in [3.63, 3.8) is 0 Å². The van der Waals surface area contributed by atoms with Gasteiger partial charge in [-0.1, -0.05) is 12.1 Å². The van der Waals surface area contributed by atoms with Gasteiger partial charge < -0.3 is 9.88 Å². The van der Waals surface area contributed by atoms with E-state index in [2.05, 4.69) is 10.3 Å². The number of rotatable bonds is 4. The van der Waals surface area contributed by atoms with E-state index in [0.29, 0.717) is 21.7 Å². The number of carbonyl (C=O) groups excluding carboxylic acids is 1. The Hall–Kier alpha value is -3.32. The molecule has 134 valence electrons. The van der Waals surface area contributed by atoms with Crippen molar-refractivity contribution in [2.24, 2.45) is 0 Å². The van der Waals surface area contributed by atoms with E-state index in [1.807, 2.05) is 6.07 Å². The number of carbonyl (C=O) groups is 1. The van der Waals surface area contributed by atoms with Crippen LogP contribution in [-0.4, -0.2) is 15.5 Å². The highest BCUT2D eigenvalue weighted by atomic mass is 32.1. The highest BCUT2D eigenvalue weighted by molar-refractivity contribution is 7.14. The SMILES string of the molecule is O=C(Cn1ccc(=O)c2ccccc21)Nc1nc(-c2ccc(F)cc2)cs1. The normalized spacial score (nSPS) is 10.9. The predicted molar refractivity (Wildman–Crippen MR) is 104 cm³/mol. The van der Waals surface area contributed by atoms with Crippen LogP contribution in [0.15, 0.2) is 71.0 Å². The third kappa shape index (κ3) is 3.63. The number of para-hydroxylation sites is 1. The molecule has 2 heterocycles. The maximum Gasteiger partial charge on any atom is 0.246 e. The second-order valence-electron chi connectivity index (χ2n) is 5.92. The molecule has 0 radical (unpaired) electrons. The Balaban J connectivity index is 1.52. The van der Waals surface area contributed by atoms with E-state index in [0.717, 1.165) is 5.56 Å². The Morgan fingerprint density at radius 1 is 1.11 bits per heavy atom. The summed E-state index contributed by atoms with van der Waals surface area (Å²) in [6.07, 6.45) is 1.61. The first kappa shape index (κ1) is 17.1. The summed E-state index contributed by atoms with van der Waals surface area (Å²) in [5.74, 6) is -0.556. The molecule has 0 aliphatic rings. The van der Waals surface area contributed by atoms with Gasteiger partial charge in [-0.15, -0.1) is 11.3 Å². The third-order valence-electron chi connectivity index (χ3n) is 4.09. The zero-order chi connectivity index (χ0) is 18.8. The van der Waals surface area contributed by atoms with Crippen molar-refractivity contribution in [3.8, 4) is 11.3 Å². The number of thiazole rings is 1. The number of halogens is 1. The first-order valence-electron chi connectivity index (χ1n) is 8.20. The number of pyridine rings is 1. The molecule has 27 heavy (non-hydrogen) atoms. The number of nitrogens with zero attached hydrogens (tertiary/aromatic N) is 2. The van der Waals surface area contributed by atoms with Crippen LogP contribution in [0.4, 0.5) is 9.52 Å². The van der Waals surface area contributed by atoms with Gasteiger partial charge in [0.05, 0.1) is 11.2 Å². The van der Waals surface area contributed by atoms with E-state index in [9.17, 15) is 14.0 Å². The van der Waals surface area contributed by atoms with Crippen molar-refractivity contribution >= 4 is 33.3 Å². The zero-order valence-corrected chi connectivity index (χ0v) is 14.9. The molecule has 5 nitrogen and oxygen atoms in total. The van der Waals surface area contributed by atoms with Crippen LogP contribution < -0.4 is 10.7 Å². The number of benzene rings is 2. The van der Waals surface area contributed by atoms with Gasteiger partial charge in [-0.25, -0.2) is 9.37 Å². The summed E-state index contributed by atoms with van der Waals surface area (Å²) in [6.45, 7) is 0.0618. The molecule has 2 aromatic carbocycles. The van der Waals surface area contributed by atoms with E-state index in [1.54, 1.807) is 46.5 Å². The van der Waals surface area contributed by atoms with E-state index >= 15 is 0 Å². The fourth-order valence-corrected chi connectivity index (χ4v) is 3.53. The summed E-state index contributed by atoms with van der Waals surface area (Å²) in [5.41, 5.74) is 2.07. The molecule has 0 saturated heterocycles. The van der Waals surface area contributed by atoms with Gasteiger partial charge >= 0.3 is 0 Å². The van der Waals surface area contributed by atoms with Gasteiger partial charge in [0, 0.05) is 28.6 Å². The number of nitrogens with one attached hydrogen (secondary N) is 1. The Morgan fingerprint density at radius 3 is 2.70 bits per heavy atom. The maximum absolute atomic E-state index is 13.0. The van der Waals surface area contributed by atoms with Crippen molar-refractivity contribution in [1.29, 1.82) is 0 Å². The van der Waals surface area contributed by atoms with Gasteiger partial charge in [0.25, 0.3) is 0 Å². The summed E-state index contributed by atoms with van der Waals surface area (Å²) in [4.78, 5) is 28.7. The molecule has 0 aliphatic carbocycles. The summed E-state index contributed by atoms with van der Waals surface area (Å²) >= 11 is 1.30. The van der Waals surface area contributed by atoms with Gasteiger partial charge in [0.15, 0.2) is 10.6 Å². The molecule has 0 unspecified atom stereocenters. The van der Waals surface area contributed by atoms with Crippen LogP contribution in [-0.2, 0) is 11.3 Å². The molecule has 2 aromatic heterocycles. The number of fused-ring (bicyclic) bond motifs is 1. The minimum atomic E-state index is -0.309. The van der Waals surface area contributed by atoms with Crippen LogP contribution in [0.1, 0.15) is 0 Å². The van der Waals surface area contributed by atoms with E-state index < -0.39 is 0 Å². The Bertz CT molecular complexity index is 1180. The Morgan fingerprint density at radius 2 is 1.89 bits per heavy atom. The molecule has 0 fully saturated rings.